The highest BCUT2D eigenvalue weighted by Crippen LogP contribution is 2.21. The zero-order chi connectivity index (χ0) is 20.3. The van der Waals surface area contributed by atoms with E-state index >= 15 is 0 Å². The molecule has 150 valence electrons. The summed E-state index contributed by atoms with van der Waals surface area (Å²) in [5, 5.41) is 2.95. The SMILES string of the molecule is COCCOc1ccccc1C(=O)NCc1ccccc1OCc1ccccc1. The Labute approximate surface area is 171 Å². The summed E-state index contributed by atoms with van der Waals surface area (Å²) in [5.74, 6) is 1.09. The summed E-state index contributed by atoms with van der Waals surface area (Å²) in [5.41, 5.74) is 2.49. The molecule has 1 N–H and O–H groups in total. The molecule has 0 spiro atoms. The second kappa shape index (κ2) is 10.9. The lowest BCUT2D eigenvalue weighted by atomic mass is 10.1. The third-order valence-corrected chi connectivity index (χ3v) is 4.33. The van der Waals surface area contributed by atoms with Crippen molar-refractivity contribution in [3.05, 3.63) is 95.6 Å². The second-order valence-electron chi connectivity index (χ2n) is 6.40. The van der Waals surface area contributed by atoms with E-state index < -0.39 is 0 Å². The number of methoxy groups -OCH3 is 1. The average Bonchev–Trinajstić information content (AvgIpc) is 2.78. The molecule has 5 nitrogen and oxygen atoms in total. The Balaban J connectivity index is 1.62. The minimum Gasteiger partial charge on any atom is -0.490 e. The van der Waals surface area contributed by atoms with Crippen LogP contribution < -0.4 is 14.8 Å². The number of benzene rings is 3. The average molecular weight is 391 g/mol. The van der Waals surface area contributed by atoms with Gasteiger partial charge in [0, 0.05) is 19.2 Å². The Morgan fingerprint density at radius 3 is 2.28 bits per heavy atom. The highest BCUT2D eigenvalue weighted by molar-refractivity contribution is 5.96. The topological polar surface area (TPSA) is 56.8 Å². The van der Waals surface area contributed by atoms with Crippen molar-refractivity contribution in [3.8, 4) is 11.5 Å². The second-order valence-corrected chi connectivity index (χ2v) is 6.40. The summed E-state index contributed by atoms with van der Waals surface area (Å²) in [7, 11) is 1.61. The van der Waals surface area contributed by atoms with E-state index in [2.05, 4.69) is 5.32 Å². The summed E-state index contributed by atoms with van der Waals surface area (Å²) < 4.78 is 16.6. The van der Waals surface area contributed by atoms with E-state index in [0.717, 1.165) is 16.9 Å². The molecule has 3 aromatic carbocycles. The normalized spacial score (nSPS) is 10.4. The summed E-state index contributed by atoms with van der Waals surface area (Å²) in [4.78, 5) is 12.7. The Kier molecular flexibility index (Phi) is 7.66. The van der Waals surface area contributed by atoms with E-state index in [-0.39, 0.29) is 5.91 Å². The van der Waals surface area contributed by atoms with Crippen molar-refractivity contribution in [3.63, 3.8) is 0 Å². The van der Waals surface area contributed by atoms with Crippen molar-refractivity contribution >= 4 is 5.91 Å². The maximum absolute atomic E-state index is 12.7. The molecule has 0 aliphatic carbocycles. The van der Waals surface area contributed by atoms with Crippen molar-refractivity contribution in [1.29, 1.82) is 0 Å². The van der Waals surface area contributed by atoms with Crippen molar-refractivity contribution in [2.45, 2.75) is 13.2 Å². The van der Waals surface area contributed by atoms with Gasteiger partial charge in [0.25, 0.3) is 5.91 Å². The largest absolute Gasteiger partial charge is 0.490 e. The molecule has 0 heterocycles. The van der Waals surface area contributed by atoms with Gasteiger partial charge in [-0.3, -0.25) is 4.79 Å². The van der Waals surface area contributed by atoms with Gasteiger partial charge < -0.3 is 19.5 Å². The summed E-state index contributed by atoms with van der Waals surface area (Å²) in [6.07, 6.45) is 0. The van der Waals surface area contributed by atoms with E-state index in [1.54, 1.807) is 19.2 Å². The minimum atomic E-state index is -0.198. The van der Waals surface area contributed by atoms with Gasteiger partial charge in [-0.1, -0.05) is 60.7 Å². The molecule has 0 radical (unpaired) electrons. The van der Waals surface area contributed by atoms with Crippen molar-refractivity contribution < 1.29 is 19.0 Å². The van der Waals surface area contributed by atoms with Crippen LogP contribution in [0.25, 0.3) is 0 Å². The van der Waals surface area contributed by atoms with E-state index in [0.29, 0.717) is 37.7 Å². The Morgan fingerprint density at radius 2 is 1.48 bits per heavy atom. The molecule has 5 heteroatoms. The fourth-order valence-electron chi connectivity index (χ4n) is 2.81. The molecule has 0 aromatic heterocycles. The number of para-hydroxylation sites is 2. The van der Waals surface area contributed by atoms with Gasteiger partial charge in [0.1, 0.15) is 24.7 Å². The number of amides is 1. The van der Waals surface area contributed by atoms with Gasteiger partial charge in [-0.2, -0.15) is 0 Å². The standard InChI is InChI=1S/C24H25NO4/c1-27-15-16-28-23-14-8-6-12-21(23)24(26)25-17-20-11-5-7-13-22(20)29-18-19-9-3-2-4-10-19/h2-14H,15-18H2,1H3,(H,25,26). The molecule has 0 fully saturated rings. The van der Waals surface area contributed by atoms with Crippen molar-refractivity contribution in [2.24, 2.45) is 0 Å². The van der Waals surface area contributed by atoms with Crippen LogP contribution in [0, 0.1) is 0 Å². The predicted octanol–water partition coefficient (Wildman–Crippen LogP) is 4.22. The lowest BCUT2D eigenvalue weighted by Gasteiger charge is -2.14. The van der Waals surface area contributed by atoms with Crippen LogP contribution in [-0.2, 0) is 17.9 Å². The lowest BCUT2D eigenvalue weighted by molar-refractivity contribution is 0.0942. The first kappa shape index (κ1) is 20.4. The van der Waals surface area contributed by atoms with Crippen molar-refractivity contribution in [1.82, 2.24) is 5.32 Å². The molecule has 0 aliphatic heterocycles. The maximum Gasteiger partial charge on any atom is 0.255 e. The van der Waals surface area contributed by atoms with Crippen LogP contribution in [0.2, 0.25) is 0 Å². The predicted molar refractivity (Wildman–Crippen MR) is 112 cm³/mol. The smallest absolute Gasteiger partial charge is 0.255 e. The number of ether oxygens (including phenoxy) is 3. The zero-order valence-electron chi connectivity index (χ0n) is 16.5. The Morgan fingerprint density at radius 1 is 0.793 bits per heavy atom. The monoisotopic (exact) mass is 391 g/mol. The molecule has 29 heavy (non-hydrogen) atoms. The van der Waals surface area contributed by atoms with Gasteiger partial charge in [0.05, 0.1) is 12.2 Å². The van der Waals surface area contributed by atoms with Crippen LogP contribution in [-0.4, -0.2) is 26.2 Å². The summed E-state index contributed by atoms with van der Waals surface area (Å²) in [6, 6.07) is 24.9. The highest BCUT2D eigenvalue weighted by Gasteiger charge is 2.13. The van der Waals surface area contributed by atoms with Gasteiger partial charge >= 0.3 is 0 Å². The van der Waals surface area contributed by atoms with Crippen molar-refractivity contribution in [2.75, 3.05) is 20.3 Å². The van der Waals surface area contributed by atoms with Crippen LogP contribution in [0.5, 0.6) is 11.5 Å². The van der Waals surface area contributed by atoms with Crippen LogP contribution >= 0.6 is 0 Å². The van der Waals surface area contributed by atoms with Crippen LogP contribution in [0.4, 0.5) is 0 Å². The summed E-state index contributed by atoms with van der Waals surface area (Å²) in [6.45, 7) is 1.68. The number of carbonyl (C=O) groups is 1. The molecule has 0 saturated heterocycles. The van der Waals surface area contributed by atoms with Gasteiger partial charge in [-0.15, -0.1) is 0 Å². The van der Waals surface area contributed by atoms with Gasteiger partial charge in [0.2, 0.25) is 0 Å². The molecule has 0 saturated carbocycles. The Bertz CT molecular complexity index is 912. The first-order chi connectivity index (χ1) is 14.3. The number of nitrogens with one attached hydrogen (secondary N) is 1. The quantitative estimate of drug-likeness (QED) is 0.526. The molecule has 3 rings (SSSR count). The van der Waals surface area contributed by atoms with Gasteiger partial charge in [-0.05, 0) is 23.8 Å². The maximum atomic E-state index is 12.7. The molecular weight excluding hydrogens is 366 g/mol. The molecular formula is C24H25NO4. The highest BCUT2D eigenvalue weighted by atomic mass is 16.5. The summed E-state index contributed by atoms with van der Waals surface area (Å²) >= 11 is 0. The fourth-order valence-corrected chi connectivity index (χ4v) is 2.81. The van der Waals surface area contributed by atoms with E-state index in [4.69, 9.17) is 14.2 Å². The van der Waals surface area contributed by atoms with Crippen LogP contribution in [0.3, 0.4) is 0 Å². The zero-order valence-corrected chi connectivity index (χ0v) is 16.5. The minimum absolute atomic E-state index is 0.198. The molecule has 0 bridgehead atoms. The third kappa shape index (κ3) is 6.09. The lowest BCUT2D eigenvalue weighted by Crippen LogP contribution is -2.24. The first-order valence-electron chi connectivity index (χ1n) is 9.51. The van der Waals surface area contributed by atoms with E-state index in [1.807, 2.05) is 66.7 Å². The fraction of sp³-hybridized carbons (Fsp3) is 0.208. The third-order valence-electron chi connectivity index (χ3n) is 4.33. The van der Waals surface area contributed by atoms with E-state index in [1.165, 1.54) is 0 Å². The van der Waals surface area contributed by atoms with Gasteiger partial charge in [-0.25, -0.2) is 0 Å². The Hall–Kier alpha value is -3.31. The number of rotatable bonds is 10. The molecule has 0 unspecified atom stereocenters. The van der Waals surface area contributed by atoms with Gasteiger partial charge in [0.15, 0.2) is 0 Å². The molecule has 3 aromatic rings. The van der Waals surface area contributed by atoms with Crippen LogP contribution in [0.15, 0.2) is 78.9 Å². The number of hydrogen-bond donors (Lipinski definition) is 1. The number of hydrogen-bond acceptors (Lipinski definition) is 4. The first-order valence-corrected chi connectivity index (χ1v) is 9.51. The van der Waals surface area contributed by atoms with E-state index in [9.17, 15) is 4.79 Å². The molecule has 0 aliphatic rings. The number of carbonyl (C=O) groups excluding carboxylic acids is 1. The molecule has 1 amide bonds. The molecule has 0 atom stereocenters. The van der Waals surface area contributed by atoms with Crippen LogP contribution in [0.1, 0.15) is 21.5 Å².